The third kappa shape index (κ3) is 8.86. The number of ether oxygens (including phenoxy) is 2. The summed E-state index contributed by atoms with van der Waals surface area (Å²) in [5, 5.41) is 13.5. The van der Waals surface area contributed by atoms with E-state index in [2.05, 4.69) is 5.32 Å². The number of nitro benzene ring substituents is 1. The standard InChI is InChI=1S/C21H24FN3O6.ClH/c1-25(2,3)9-10-30-20(26)14-31-19-12-16(22)7-8-18(19)21(27)23-13-15-5-4-6-17(11-15)24(28)29;/h4-8,11-12H,9-10,13-14H2,1-3H3;1H. The average molecular weight is 470 g/mol. The lowest BCUT2D eigenvalue weighted by Crippen LogP contribution is -3.00. The maximum absolute atomic E-state index is 13.6. The van der Waals surface area contributed by atoms with Gasteiger partial charge in [0.1, 0.15) is 24.7 Å². The number of esters is 1. The molecule has 32 heavy (non-hydrogen) atoms. The number of rotatable bonds is 10. The summed E-state index contributed by atoms with van der Waals surface area (Å²) in [5.74, 6) is -1.97. The highest BCUT2D eigenvalue weighted by atomic mass is 35.5. The Morgan fingerprint density at radius 3 is 2.53 bits per heavy atom. The smallest absolute Gasteiger partial charge is 0.344 e. The van der Waals surface area contributed by atoms with E-state index in [0.717, 1.165) is 12.1 Å². The van der Waals surface area contributed by atoms with Crippen LogP contribution < -0.4 is 22.5 Å². The lowest BCUT2D eigenvalue weighted by molar-refractivity contribution is -0.870. The first kappa shape index (κ1) is 26.8. The molecule has 0 aliphatic heterocycles. The number of carbonyl (C=O) groups is 2. The summed E-state index contributed by atoms with van der Waals surface area (Å²) in [7, 11) is 5.86. The molecule has 2 aromatic rings. The average Bonchev–Trinajstić information content (AvgIpc) is 2.69. The number of hydrogen-bond donors (Lipinski definition) is 1. The molecule has 0 heterocycles. The van der Waals surface area contributed by atoms with Crippen LogP contribution in [0, 0.1) is 15.9 Å². The molecule has 0 atom stereocenters. The van der Waals surface area contributed by atoms with E-state index in [9.17, 15) is 24.1 Å². The summed E-state index contributed by atoms with van der Waals surface area (Å²) in [5.41, 5.74) is 0.445. The van der Waals surface area contributed by atoms with Crippen LogP contribution in [0.25, 0.3) is 0 Å². The van der Waals surface area contributed by atoms with E-state index in [1.54, 1.807) is 6.07 Å². The van der Waals surface area contributed by atoms with Gasteiger partial charge in [0.2, 0.25) is 0 Å². The third-order valence-electron chi connectivity index (χ3n) is 4.13. The van der Waals surface area contributed by atoms with Crippen molar-refractivity contribution in [3.05, 3.63) is 69.5 Å². The number of nitro groups is 1. The van der Waals surface area contributed by atoms with Crippen LogP contribution in [0.5, 0.6) is 5.75 Å². The van der Waals surface area contributed by atoms with Crippen LogP contribution in [-0.4, -0.2) is 62.2 Å². The zero-order valence-electron chi connectivity index (χ0n) is 18.0. The van der Waals surface area contributed by atoms with E-state index in [1.807, 2.05) is 21.1 Å². The van der Waals surface area contributed by atoms with Crippen LogP contribution in [0.15, 0.2) is 42.5 Å². The third-order valence-corrected chi connectivity index (χ3v) is 4.13. The quantitative estimate of drug-likeness (QED) is 0.213. The number of nitrogens with one attached hydrogen (secondary N) is 1. The van der Waals surface area contributed by atoms with E-state index in [-0.39, 0.29) is 42.6 Å². The van der Waals surface area contributed by atoms with Crippen molar-refractivity contribution in [3.63, 3.8) is 0 Å². The molecule has 0 aliphatic rings. The maximum Gasteiger partial charge on any atom is 0.344 e. The van der Waals surface area contributed by atoms with Crippen molar-refractivity contribution in [3.8, 4) is 5.75 Å². The first-order valence-electron chi connectivity index (χ1n) is 9.45. The second-order valence-electron chi connectivity index (χ2n) is 7.77. The second-order valence-corrected chi connectivity index (χ2v) is 7.77. The van der Waals surface area contributed by atoms with Crippen LogP contribution in [0.3, 0.4) is 0 Å². The fourth-order valence-electron chi connectivity index (χ4n) is 2.47. The minimum Gasteiger partial charge on any atom is -1.00 e. The number of amides is 1. The summed E-state index contributed by atoms with van der Waals surface area (Å²) in [4.78, 5) is 34.7. The van der Waals surface area contributed by atoms with Gasteiger partial charge in [-0.05, 0) is 17.7 Å². The van der Waals surface area contributed by atoms with Gasteiger partial charge in [-0.25, -0.2) is 9.18 Å². The molecule has 0 unspecified atom stereocenters. The molecular formula is C21H25ClFN3O6. The lowest BCUT2D eigenvalue weighted by Gasteiger charge is -2.23. The topological polar surface area (TPSA) is 108 Å². The van der Waals surface area contributed by atoms with Crippen LogP contribution >= 0.6 is 0 Å². The summed E-state index contributed by atoms with van der Waals surface area (Å²) in [6, 6.07) is 9.15. The number of hydrogen-bond acceptors (Lipinski definition) is 6. The Morgan fingerprint density at radius 2 is 1.88 bits per heavy atom. The first-order chi connectivity index (χ1) is 14.5. The van der Waals surface area contributed by atoms with Crippen molar-refractivity contribution >= 4 is 17.6 Å². The number of nitrogens with zero attached hydrogens (tertiary/aromatic N) is 2. The first-order valence-corrected chi connectivity index (χ1v) is 9.45. The molecule has 0 saturated heterocycles. The molecule has 0 saturated carbocycles. The highest BCUT2D eigenvalue weighted by Gasteiger charge is 2.16. The molecule has 0 radical (unpaired) electrons. The van der Waals surface area contributed by atoms with Gasteiger partial charge in [-0.3, -0.25) is 14.9 Å². The molecule has 0 fully saturated rings. The van der Waals surface area contributed by atoms with Crippen molar-refractivity contribution in [1.82, 2.24) is 5.32 Å². The highest BCUT2D eigenvalue weighted by molar-refractivity contribution is 5.97. The van der Waals surface area contributed by atoms with Gasteiger partial charge in [0, 0.05) is 24.7 Å². The van der Waals surface area contributed by atoms with Gasteiger partial charge in [-0.1, -0.05) is 12.1 Å². The van der Waals surface area contributed by atoms with Gasteiger partial charge in [-0.2, -0.15) is 0 Å². The van der Waals surface area contributed by atoms with Crippen molar-refractivity contribution in [2.24, 2.45) is 0 Å². The van der Waals surface area contributed by atoms with Gasteiger partial charge < -0.3 is 31.7 Å². The fourth-order valence-corrected chi connectivity index (χ4v) is 2.47. The Hall–Kier alpha value is -3.24. The monoisotopic (exact) mass is 469 g/mol. The van der Waals surface area contributed by atoms with E-state index in [0.29, 0.717) is 16.6 Å². The predicted molar refractivity (Wildman–Crippen MR) is 110 cm³/mol. The van der Waals surface area contributed by atoms with E-state index < -0.39 is 29.2 Å². The Morgan fingerprint density at radius 1 is 1.16 bits per heavy atom. The molecule has 2 rings (SSSR count). The predicted octanol–water partition coefficient (Wildman–Crippen LogP) is -0.704. The Labute approximate surface area is 191 Å². The molecule has 1 amide bonds. The Balaban J connectivity index is 0.00000512. The van der Waals surface area contributed by atoms with Crippen LogP contribution in [0.1, 0.15) is 15.9 Å². The normalized spacial score (nSPS) is 10.6. The van der Waals surface area contributed by atoms with E-state index in [1.165, 1.54) is 24.3 Å². The van der Waals surface area contributed by atoms with Crippen molar-refractivity contribution in [1.29, 1.82) is 0 Å². The summed E-state index contributed by atoms with van der Waals surface area (Å²) >= 11 is 0. The highest BCUT2D eigenvalue weighted by Crippen LogP contribution is 2.20. The largest absolute Gasteiger partial charge is 1.00 e. The molecule has 0 aliphatic carbocycles. The fraction of sp³-hybridized carbons (Fsp3) is 0.333. The number of quaternary nitrogens is 1. The molecule has 2 aromatic carbocycles. The van der Waals surface area contributed by atoms with Gasteiger partial charge in [0.15, 0.2) is 6.61 Å². The zero-order valence-corrected chi connectivity index (χ0v) is 18.7. The minimum absolute atomic E-state index is 0. The number of non-ortho nitro benzene ring substituents is 1. The maximum atomic E-state index is 13.6. The second kappa shape index (κ2) is 12.0. The molecular weight excluding hydrogens is 445 g/mol. The molecule has 0 spiro atoms. The number of likely N-dealkylation sites (N-methyl/N-ethyl adjacent to an activating group) is 1. The van der Waals surface area contributed by atoms with Crippen LogP contribution in [-0.2, 0) is 16.1 Å². The lowest BCUT2D eigenvalue weighted by atomic mass is 10.1. The Kier molecular flexibility index (Phi) is 10.0. The van der Waals surface area contributed by atoms with Gasteiger partial charge in [0.05, 0.1) is 31.6 Å². The summed E-state index contributed by atoms with van der Waals surface area (Å²) in [6.07, 6.45) is 0. The molecule has 0 bridgehead atoms. The molecule has 9 nitrogen and oxygen atoms in total. The van der Waals surface area contributed by atoms with Crippen molar-refractivity contribution in [2.45, 2.75) is 6.54 Å². The van der Waals surface area contributed by atoms with Crippen molar-refractivity contribution in [2.75, 3.05) is 40.9 Å². The van der Waals surface area contributed by atoms with E-state index >= 15 is 0 Å². The number of benzene rings is 2. The zero-order chi connectivity index (χ0) is 23.0. The van der Waals surface area contributed by atoms with Gasteiger partial charge in [-0.15, -0.1) is 0 Å². The molecule has 11 heteroatoms. The number of halogens is 2. The molecule has 174 valence electrons. The summed E-state index contributed by atoms with van der Waals surface area (Å²) < 4.78 is 24.7. The van der Waals surface area contributed by atoms with Crippen molar-refractivity contribution < 1.29 is 45.3 Å². The number of carbonyl (C=O) groups excluding carboxylic acids is 2. The molecule has 1 N–H and O–H groups in total. The Bertz CT molecular complexity index is 965. The van der Waals surface area contributed by atoms with Crippen LogP contribution in [0.4, 0.5) is 10.1 Å². The van der Waals surface area contributed by atoms with Crippen LogP contribution in [0.2, 0.25) is 0 Å². The van der Waals surface area contributed by atoms with Gasteiger partial charge in [0.25, 0.3) is 11.6 Å². The summed E-state index contributed by atoms with van der Waals surface area (Å²) in [6.45, 7) is 0.346. The van der Waals surface area contributed by atoms with E-state index in [4.69, 9.17) is 9.47 Å². The minimum atomic E-state index is -0.638. The van der Waals surface area contributed by atoms with Gasteiger partial charge >= 0.3 is 5.97 Å². The molecule has 0 aromatic heterocycles. The SMILES string of the molecule is C[N+](C)(C)CCOC(=O)COc1cc(F)ccc1C(=O)NCc1cccc([N+](=O)[O-])c1.[Cl-].